The molecule has 0 radical (unpaired) electrons. The number of carboxylic acid groups (broad SMARTS) is 1. The Kier molecular flexibility index (Phi) is 5.91. The lowest BCUT2D eigenvalue weighted by molar-refractivity contribution is -0.147. The number of esters is 1. The maximum absolute atomic E-state index is 12.8. The first-order valence-corrected chi connectivity index (χ1v) is 9.69. The fourth-order valence-corrected chi connectivity index (χ4v) is 4.49. The monoisotopic (exact) mass is 387 g/mol. The predicted octanol–water partition coefficient (Wildman–Crippen LogP) is 4.03. The van der Waals surface area contributed by atoms with Crippen molar-refractivity contribution in [3.8, 4) is 11.1 Å². The maximum atomic E-state index is 12.8. The van der Waals surface area contributed by atoms with Crippen molar-refractivity contribution in [2.45, 2.75) is 25.7 Å². The predicted molar refractivity (Wildman–Crippen MR) is 103 cm³/mol. The number of benzene rings is 1. The molecule has 1 aromatic heterocycles. The number of thiophene rings is 1. The van der Waals surface area contributed by atoms with E-state index in [1.165, 1.54) is 18.4 Å². The lowest BCUT2D eigenvalue weighted by atomic mass is 9.79. The molecule has 1 aliphatic carbocycles. The molecule has 0 unspecified atom stereocenters. The molecule has 3 rings (SSSR count). The molecule has 0 aliphatic heterocycles. The van der Waals surface area contributed by atoms with Crippen molar-refractivity contribution < 1.29 is 24.2 Å². The fraction of sp³-hybridized carbons (Fsp3) is 0.350. The molecule has 0 saturated heterocycles. The van der Waals surface area contributed by atoms with Gasteiger partial charge in [-0.3, -0.25) is 9.59 Å². The lowest BCUT2D eigenvalue weighted by Gasteiger charge is -2.27. The Labute approximate surface area is 161 Å². The largest absolute Gasteiger partial charge is 0.481 e. The van der Waals surface area contributed by atoms with E-state index in [4.69, 9.17) is 4.74 Å². The van der Waals surface area contributed by atoms with Gasteiger partial charge in [0.1, 0.15) is 10.6 Å². The molecule has 1 aromatic carbocycles. The normalized spacial score (nSPS) is 19.3. The van der Waals surface area contributed by atoms with Crippen molar-refractivity contribution in [1.29, 1.82) is 0 Å². The highest BCUT2D eigenvalue weighted by Crippen LogP contribution is 2.38. The number of aliphatic carboxylic acids is 1. The van der Waals surface area contributed by atoms with Crippen molar-refractivity contribution in [2.75, 3.05) is 12.4 Å². The Balaban J connectivity index is 1.90. The molecule has 1 saturated carbocycles. The number of nitrogens with one attached hydrogen (secondary N) is 1. The minimum Gasteiger partial charge on any atom is -0.481 e. The van der Waals surface area contributed by atoms with Crippen LogP contribution in [0.4, 0.5) is 5.00 Å². The zero-order valence-corrected chi connectivity index (χ0v) is 15.8. The highest BCUT2D eigenvalue weighted by Gasteiger charge is 2.36. The fourth-order valence-electron chi connectivity index (χ4n) is 3.53. The van der Waals surface area contributed by atoms with E-state index >= 15 is 0 Å². The molecule has 142 valence electrons. The average molecular weight is 387 g/mol. The second-order valence-electron chi connectivity index (χ2n) is 6.54. The summed E-state index contributed by atoms with van der Waals surface area (Å²) in [6.07, 6.45) is 2.67. The number of methoxy groups -OCH3 is 1. The van der Waals surface area contributed by atoms with Gasteiger partial charge in [0, 0.05) is 10.9 Å². The van der Waals surface area contributed by atoms with Gasteiger partial charge in [0.05, 0.1) is 18.9 Å². The number of carbonyl (C=O) groups excluding carboxylic acids is 2. The van der Waals surface area contributed by atoms with Crippen LogP contribution in [0.2, 0.25) is 0 Å². The number of carbonyl (C=O) groups is 3. The van der Waals surface area contributed by atoms with Crippen molar-refractivity contribution in [3.63, 3.8) is 0 Å². The van der Waals surface area contributed by atoms with Crippen LogP contribution in [-0.4, -0.2) is 30.1 Å². The summed E-state index contributed by atoms with van der Waals surface area (Å²) in [6, 6.07) is 9.37. The number of anilines is 1. The van der Waals surface area contributed by atoms with E-state index in [0.717, 1.165) is 18.4 Å². The second kappa shape index (κ2) is 8.35. The van der Waals surface area contributed by atoms with E-state index in [0.29, 0.717) is 29.0 Å². The van der Waals surface area contributed by atoms with Gasteiger partial charge in [-0.15, -0.1) is 11.3 Å². The summed E-state index contributed by atoms with van der Waals surface area (Å²) in [5.41, 5.74) is 1.82. The first-order chi connectivity index (χ1) is 13.0. The molecule has 1 fully saturated rings. The van der Waals surface area contributed by atoms with Gasteiger partial charge in [-0.1, -0.05) is 43.2 Å². The van der Waals surface area contributed by atoms with Gasteiger partial charge in [0.25, 0.3) is 0 Å². The number of amides is 1. The summed E-state index contributed by atoms with van der Waals surface area (Å²) in [5.74, 6) is -3.12. The smallest absolute Gasteiger partial charge is 0.341 e. The molecule has 27 heavy (non-hydrogen) atoms. The Morgan fingerprint density at radius 1 is 1.11 bits per heavy atom. The molecule has 0 bridgehead atoms. The van der Waals surface area contributed by atoms with E-state index in [2.05, 4.69) is 5.32 Å². The Hall–Kier alpha value is -2.67. The number of hydrogen-bond donors (Lipinski definition) is 2. The molecular formula is C20H21NO5S. The topological polar surface area (TPSA) is 92.7 Å². The third-order valence-electron chi connectivity index (χ3n) is 4.92. The summed E-state index contributed by atoms with van der Waals surface area (Å²) in [7, 11) is 1.29. The standard InChI is InChI=1S/C20H21NO5S/c1-26-20(25)16-15(12-7-3-2-4-8-12)11-27-18(16)21-17(22)13-9-5-6-10-14(13)19(23)24/h2-4,7-8,11,13-14H,5-6,9-10H2,1H3,(H,21,22)(H,23,24)/t13-,14+/m1/s1. The third kappa shape index (κ3) is 4.03. The Morgan fingerprint density at radius 3 is 2.41 bits per heavy atom. The van der Waals surface area contributed by atoms with Gasteiger partial charge in [-0.2, -0.15) is 0 Å². The number of hydrogen-bond acceptors (Lipinski definition) is 5. The van der Waals surface area contributed by atoms with Crippen LogP contribution in [0, 0.1) is 11.8 Å². The van der Waals surface area contributed by atoms with Gasteiger partial charge < -0.3 is 15.2 Å². The SMILES string of the molecule is COC(=O)c1c(-c2ccccc2)csc1NC(=O)[C@@H]1CCCC[C@@H]1C(=O)O. The Morgan fingerprint density at radius 2 is 1.78 bits per heavy atom. The van der Waals surface area contributed by atoms with Crippen molar-refractivity contribution >= 4 is 34.2 Å². The van der Waals surface area contributed by atoms with Gasteiger partial charge in [-0.05, 0) is 18.4 Å². The highest BCUT2D eigenvalue weighted by molar-refractivity contribution is 7.15. The van der Waals surface area contributed by atoms with Crippen LogP contribution >= 0.6 is 11.3 Å². The summed E-state index contributed by atoms with van der Waals surface area (Å²) >= 11 is 1.24. The molecule has 1 aliphatic rings. The third-order valence-corrected chi connectivity index (χ3v) is 5.82. The van der Waals surface area contributed by atoms with Crippen LogP contribution in [0.3, 0.4) is 0 Å². The van der Waals surface area contributed by atoms with Crippen LogP contribution in [0.1, 0.15) is 36.0 Å². The summed E-state index contributed by atoms with van der Waals surface area (Å²) < 4.78 is 4.91. The van der Waals surface area contributed by atoms with E-state index in [-0.39, 0.29) is 5.91 Å². The zero-order chi connectivity index (χ0) is 19.4. The van der Waals surface area contributed by atoms with Crippen molar-refractivity contribution in [2.24, 2.45) is 11.8 Å². The van der Waals surface area contributed by atoms with E-state index in [9.17, 15) is 19.5 Å². The highest BCUT2D eigenvalue weighted by atomic mass is 32.1. The quantitative estimate of drug-likeness (QED) is 0.756. The van der Waals surface area contributed by atoms with Crippen LogP contribution < -0.4 is 5.32 Å². The Bertz CT molecular complexity index is 845. The molecule has 1 heterocycles. The minimum absolute atomic E-state index is 0.296. The molecule has 1 amide bonds. The number of ether oxygens (including phenoxy) is 1. The first kappa shape index (κ1) is 19.1. The molecule has 7 heteroatoms. The van der Waals surface area contributed by atoms with Crippen molar-refractivity contribution in [1.82, 2.24) is 0 Å². The number of rotatable bonds is 5. The summed E-state index contributed by atoms with van der Waals surface area (Å²) in [6.45, 7) is 0. The van der Waals surface area contributed by atoms with Gasteiger partial charge in [0.15, 0.2) is 0 Å². The maximum Gasteiger partial charge on any atom is 0.341 e. The van der Waals surface area contributed by atoms with Gasteiger partial charge in [-0.25, -0.2) is 4.79 Å². The zero-order valence-electron chi connectivity index (χ0n) is 14.9. The van der Waals surface area contributed by atoms with E-state index < -0.39 is 23.8 Å². The lowest BCUT2D eigenvalue weighted by Crippen LogP contribution is -2.36. The summed E-state index contributed by atoms with van der Waals surface area (Å²) in [5, 5.41) is 14.4. The molecule has 2 atom stereocenters. The molecule has 6 nitrogen and oxygen atoms in total. The van der Waals surface area contributed by atoms with E-state index in [1.807, 2.05) is 30.3 Å². The molecule has 2 aromatic rings. The minimum atomic E-state index is -0.945. The van der Waals surface area contributed by atoms with Crippen LogP contribution in [0.15, 0.2) is 35.7 Å². The average Bonchev–Trinajstić information content (AvgIpc) is 3.11. The first-order valence-electron chi connectivity index (χ1n) is 8.81. The van der Waals surface area contributed by atoms with Gasteiger partial charge in [0.2, 0.25) is 5.91 Å². The van der Waals surface area contributed by atoms with E-state index in [1.54, 1.807) is 5.38 Å². The second-order valence-corrected chi connectivity index (χ2v) is 7.42. The molecule has 2 N–H and O–H groups in total. The van der Waals surface area contributed by atoms with Crippen LogP contribution in [-0.2, 0) is 14.3 Å². The van der Waals surface area contributed by atoms with Gasteiger partial charge >= 0.3 is 11.9 Å². The molecule has 0 spiro atoms. The number of carboxylic acids is 1. The molecular weight excluding hydrogens is 366 g/mol. The summed E-state index contributed by atoms with van der Waals surface area (Å²) in [4.78, 5) is 36.6. The van der Waals surface area contributed by atoms with Crippen LogP contribution in [0.5, 0.6) is 0 Å². The van der Waals surface area contributed by atoms with Crippen molar-refractivity contribution in [3.05, 3.63) is 41.3 Å². The van der Waals surface area contributed by atoms with Crippen LogP contribution in [0.25, 0.3) is 11.1 Å².